The number of hydrogen-bond donors (Lipinski definition) is 1. The van der Waals surface area contributed by atoms with E-state index >= 15 is 0 Å². The molecule has 3 nitrogen and oxygen atoms in total. The number of nitrogens with one attached hydrogen (secondary N) is 1. The molecule has 60 valence electrons. The molecule has 1 N–H and O–H groups in total. The minimum Gasteiger partial charge on any atom is -0.306 e. The minimum absolute atomic E-state index is 0.198. The molecule has 0 saturated carbocycles. The number of carbonyl (C=O) groups excluding carboxylic acids is 1. The van der Waals surface area contributed by atoms with Gasteiger partial charge in [0.2, 0.25) is 0 Å². The Labute approximate surface area is 74.8 Å². The molecule has 1 aromatic heterocycles. The predicted molar refractivity (Wildman–Crippen MR) is 49.2 cm³/mol. The lowest BCUT2D eigenvalue weighted by molar-refractivity contribution is -0.110. The van der Waals surface area contributed by atoms with Gasteiger partial charge in [-0.3, -0.25) is 4.79 Å². The maximum absolute atomic E-state index is 11.1. The molecule has 2 heterocycles. The van der Waals surface area contributed by atoms with Gasteiger partial charge >= 0.3 is 0 Å². The van der Waals surface area contributed by atoms with Gasteiger partial charge in [-0.2, -0.15) is 0 Å². The predicted octanol–water partition coefficient (Wildman–Crippen LogP) is 0.946. The lowest BCUT2D eigenvalue weighted by atomic mass is 10.1. The van der Waals surface area contributed by atoms with Gasteiger partial charge in [0.1, 0.15) is 5.82 Å². The first-order chi connectivity index (χ1) is 5.77. The van der Waals surface area contributed by atoms with E-state index in [9.17, 15) is 4.79 Å². The summed E-state index contributed by atoms with van der Waals surface area (Å²) in [7, 11) is 0. The van der Waals surface area contributed by atoms with Crippen molar-refractivity contribution in [2.45, 2.75) is 6.42 Å². The fourth-order valence-electron chi connectivity index (χ4n) is 1.12. The smallest absolute Gasteiger partial charge is 0.263 e. The Hall–Kier alpha value is -1.29. The molecular weight excluding hydrogens is 172 g/mol. The monoisotopic (exact) mass is 178 g/mol. The van der Waals surface area contributed by atoms with Crippen LogP contribution in [0, 0.1) is 0 Å². The van der Waals surface area contributed by atoms with Crippen molar-refractivity contribution in [3.63, 3.8) is 0 Å². The highest BCUT2D eigenvalue weighted by molar-refractivity contribution is 7.82. The molecule has 2 rings (SSSR count). The topological polar surface area (TPSA) is 42.0 Å². The summed E-state index contributed by atoms with van der Waals surface area (Å²) in [6, 6.07) is 3.74. The van der Waals surface area contributed by atoms with Crippen LogP contribution in [0.4, 0.5) is 5.82 Å². The molecule has 4 heteroatoms. The third-order valence-electron chi connectivity index (χ3n) is 1.73. The molecule has 0 atom stereocenters. The van der Waals surface area contributed by atoms with Crippen LogP contribution in [-0.2, 0) is 11.2 Å². The second-order valence-electron chi connectivity index (χ2n) is 2.57. The highest BCUT2D eigenvalue weighted by Crippen LogP contribution is 2.17. The Morgan fingerprint density at radius 2 is 2.42 bits per heavy atom. The molecule has 1 aromatic rings. The number of fused-ring (bicyclic) bond motifs is 1. The van der Waals surface area contributed by atoms with Crippen molar-refractivity contribution in [1.82, 2.24) is 4.98 Å². The van der Waals surface area contributed by atoms with E-state index in [4.69, 9.17) is 12.2 Å². The summed E-state index contributed by atoms with van der Waals surface area (Å²) in [6.45, 7) is 0. The van der Waals surface area contributed by atoms with Gasteiger partial charge in [-0.05, 0) is 6.07 Å². The number of anilines is 1. The highest BCUT2D eigenvalue weighted by Gasteiger charge is 2.19. The van der Waals surface area contributed by atoms with Gasteiger partial charge in [0, 0.05) is 18.2 Å². The van der Waals surface area contributed by atoms with Crippen molar-refractivity contribution >= 4 is 28.8 Å². The second kappa shape index (κ2) is 2.64. The maximum atomic E-state index is 11.1. The van der Waals surface area contributed by atoms with Crippen LogP contribution in [0.2, 0.25) is 0 Å². The van der Waals surface area contributed by atoms with Crippen LogP contribution in [-0.4, -0.2) is 15.8 Å². The summed E-state index contributed by atoms with van der Waals surface area (Å²) < 4.78 is 0. The number of nitrogens with zero attached hydrogens (tertiary/aromatic N) is 1. The molecule has 0 saturated heterocycles. The standard InChI is InChI=1S/C8H6N2OS/c11-8-6(12)4-5-2-1-3-9-7(5)10-8/h1-3H,4H2,(H,9,10,11). The van der Waals surface area contributed by atoms with Crippen molar-refractivity contribution in [3.8, 4) is 0 Å². The maximum Gasteiger partial charge on any atom is 0.263 e. The largest absolute Gasteiger partial charge is 0.306 e. The van der Waals surface area contributed by atoms with E-state index in [-0.39, 0.29) is 5.91 Å². The van der Waals surface area contributed by atoms with E-state index in [1.807, 2.05) is 12.1 Å². The molecule has 0 aromatic carbocycles. The zero-order chi connectivity index (χ0) is 8.55. The Bertz CT molecular complexity index is 327. The zero-order valence-corrected chi connectivity index (χ0v) is 7.02. The molecule has 1 aliphatic rings. The van der Waals surface area contributed by atoms with Gasteiger partial charge in [-0.1, -0.05) is 18.3 Å². The normalized spacial score (nSPS) is 15.3. The van der Waals surface area contributed by atoms with Crippen LogP contribution in [0.15, 0.2) is 18.3 Å². The zero-order valence-electron chi connectivity index (χ0n) is 6.20. The number of amides is 1. The number of hydrogen-bond acceptors (Lipinski definition) is 3. The van der Waals surface area contributed by atoms with Gasteiger partial charge in [-0.15, -0.1) is 0 Å². The summed E-state index contributed by atoms with van der Waals surface area (Å²) in [5.41, 5.74) is 0.988. The third-order valence-corrected chi connectivity index (χ3v) is 2.06. The lowest BCUT2D eigenvalue weighted by Gasteiger charge is -2.15. The van der Waals surface area contributed by atoms with Crippen molar-refractivity contribution in [2.24, 2.45) is 0 Å². The first kappa shape index (κ1) is 7.36. The second-order valence-corrected chi connectivity index (χ2v) is 3.06. The van der Waals surface area contributed by atoms with E-state index in [0.29, 0.717) is 17.1 Å². The Morgan fingerprint density at radius 3 is 3.25 bits per heavy atom. The van der Waals surface area contributed by atoms with Gasteiger partial charge < -0.3 is 5.32 Å². The van der Waals surface area contributed by atoms with E-state index in [0.717, 1.165) is 5.56 Å². The summed E-state index contributed by atoms with van der Waals surface area (Å²) in [4.78, 5) is 15.5. The van der Waals surface area contributed by atoms with Crippen LogP contribution < -0.4 is 5.32 Å². The quantitative estimate of drug-likeness (QED) is 0.601. The summed E-state index contributed by atoms with van der Waals surface area (Å²) in [5, 5.41) is 2.62. The van der Waals surface area contributed by atoms with Crippen LogP contribution in [0.5, 0.6) is 0 Å². The molecule has 0 spiro atoms. The first-order valence-corrected chi connectivity index (χ1v) is 3.96. The summed E-state index contributed by atoms with van der Waals surface area (Å²) in [5.74, 6) is 0.437. The van der Waals surface area contributed by atoms with Crippen molar-refractivity contribution < 1.29 is 4.79 Å². The molecule has 0 fully saturated rings. The summed E-state index contributed by atoms with van der Waals surface area (Å²) >= 11 is 4.86. The summed E-state index contributed by atoms with van der Waals surface area (Å²) in [6.07, 6.45) is 2.18. The number of aromatic nitrogens is 1. The molecule has 0 unspecified atom stereocenters. The Balaban J connectivity index is 2.47. The highest BCUT2D eigenvalue weighted by atomic mass is 32.1. The third kappa shape index (κ3) is 1.10. The van der Waals surface area contributed by atoms with Crippen molar-refractivity contribution in [1.29, 1.82) is 0 Å². The molecular formula is C8H6N2OS. The average Bonchev–Trinajstić information content (AvgIpc) is 2.07. The van der Waals surface area contributed by atoms with E-state index in [2.05, 4.69) is 10.3 Å². The van der Waals surface area contributed by atoms with Gasteiger partial charge in [0.15, 0.2) is 0 Å². The molecule has 1 aliphatic heterocycles. The van der Waals surface area contributed by atoms with Crippen molar-refractivity contribution in [3.05, 3.63) is 23.9 Å². The van der Waals surface area contributed by atoms with Gasteiger partial charge in [-0.25, -0.2) is 4.98 Å². The first-order valence-electron chi connectivity index (χ1n) is 3.55. The van der Waals surface area contributed by atoms with Crippen LogP contribution in [0.3, 0.4) is 0 Å². The Morgan fingerprint density at radius 1 is 1.58 bits per heavy atom. The number of rotatable bonds is 0. The average molecular weight is 178 g/mol. The molecule has 0 bridgehead atoms. The van der Waals surface area contributed by atoms with E-state index in [1.54, 1.807) is 6.20 Å². The Kier molecular flexibility index (Phi) is 1.62. The van der Waals surface area contributed by atoms with E-state index in [1.165, 1.54) is 0 Å². The SMILES string of the molecule is O=C1Nc2ncccc2CC1=S. The minimum atomic E-state index is -0.198. The molecule has 0 radical (unpaired) electrons. The molecule has 12 heavy (non-hydrogen) atoms. The fraction of sp³-hybridized carbons (Fsp3) is 0.125. The van der Waals surface area contributed by atoms with Crippen LogP contribution >= 0.6 is 12.2 Å². The number of pyridine rings is 1. The van der Waals surface area contributed by atoms with Crippen LogP contribution in [0.1, 0.15) is 5.56 Å². The number of thiocarbonyl (C=S) groups is 1. The molecule has 0 aliphatic carbocycles. The van der Waals surface area contributed by atoms with Gasteiger partial charge in [0.25, 0.3) is 5.91 Å². The van der Waals surface area contributed by atoms with Gasteiger partial charge in [0.05, 0.1) is 4.86 Å². The lowest BCUT2D eigenvalue weighted by Crippen LogP contribution is -2.28. The fourth-order valence-corrected chi connectivity index (χ4v) is 1.33. The molecule has 1 amide bonds. The van der Waals surface area contributed by atoms with E-state index < -0.39 is 0 Å². The number of carbonyl (C=O) groups is 1. The van der Waals surface area contributed by atoms with Crippen molar-refractivity contribution in [2.75, 3.05) is 5.32 Å². The van der Waals surface area contributed by atoms with Crippen LogP contribution in [0.25, 0.3) is 0 Å².